The zero-order valence-corrected chi connectivity index (χ0v) is 14.2. The number of nitrogens with one attached hydrogen (secondary N) is 2. The Balaban J connectivity index is 1.94. The number of aryl methyl sites for hydroxylation is 1. The summed E-state index contributed by atoms with van der Waals surface area (Å²) in [4.78, 5) is 39.9. The van der Waals surface area contributed by atoms with Crippen molar-refractivity contribution in [1.29, 1.82) is 0 Å². The number of carboxylic acid groups (broad SMARTS) is 1. The molecular formula is C20H18N2O4. The molecule has 0 saturated carbocycles. The SMILES string of the molecule is Cc1[nH]c2ccccc2c(=O)c1CC(C(=O)O)C(=O)Nc1ccccc1. The summed E-state index contributed by atoms with van der Waals surface area (Å²) in [6.45, 7) is 1.71. The Morgan fingerprint density at radius 2 is 1.73 bits per heavy atom. The van der Waals surface area contributed by atoms with Crippen LogP contribution in [0.1, 0.15) is 11.3 Å². The minimum atomic E-state index is -1.36. The largest absolute Gasteiger partial charge is 0.481 e. The smallest absolute Gasteiger partial charge is 0.316 e. The molecule has 0 aliphatic rings. The van der Waals surface area contributed by atoms with Crippen molar-refractivity contribution in [2.75, 3.05) is 5.32 Å². The summed E-state index contributed by atoms with van der Waals surface area (Å²) in [5.41, 5.74) is 1.80. The number of para-hydroxylation sites is 2. The minimum Gasteiger partial charge on any atom is -0.481 e. The number of anilines is 1. The fourth-order valence-electron chi connectivity index (χ4n) is 2.89. The molecule has 0 saturated heterocycles. The van der Waals surface area contributed by atoms with E-state index in [2.05, 4.69) is 10.3 Å². The molecule has 1 heterocycles. The van der Waals surface area contributed by atoms with Gasteiger partial charge in [0.05, 0.1) is 0 Å². The summed E-state index contributed by atoms with van der Waals surface area (Å²) in [5.74, 6) is -3.29. The lowest BCUT2D eigenvalue weighted by Crippen LogP contribution is -2.33. The van der Waals surface area contributed by atoms with Crippen LogP contribution in [-0.4, -0.2) is 22.0 Å². The summed E-state index contributed by atoms with van der Waals surface area (Å²) >= 11 is 0. The summed E-state index contributed by atoms with van der Waals surface area (Å²) in [5, 5.41) is 12.6. The van der Waals surface area contributed by atoms with Gasteiger partial charge in [-0.15, -0.1) is 0 Å². The van der Waals surface area contributed by atoms with E-state index in [0.29, 0.717) is 27.8 Å². The highest BCUT2D eigenvalue weighted by atomic mass is 16.4. The van der Waals surface area contributed by atoms with Gasteiger partial charge in [-0.1, -0.05) is 30.3 Å². The Hall–Kier alpha value is -3.41. The van der Waals surface area contributed by atoms with Gasteiger partial charge in [-0.2, -0.15) is 0 Å². The van der Waals surface area contributed by atoms with Crippen LogP contribution in [0.5, 0.6) is 0 Å². The van der Waals surface area contributed by atoms with Crippen LogP contribution in [0.3, 0.4) is 0 Å². The Morgan fingerprint density at radius 1 is 1.08 bits per heavy atom. The van der Waals surface area contributed by atoms with Gasteiger partial charge in [0.25, 0.3) is 0 Å². The average Bonchev–Trinajstić information content (AvgIpc) is 2.62. The number of aliphatic carboxylic acids is 1. The molecule has 0 aliphatic carbocycles. The Kier molecular flexibility index (Phi) is 4.84. The fraction of sp³-hybridized carbons (Fsp3) is 0.150. The fourth-order valence-corrected chi connectivity index (χ4v) is 2.89. The van der Waals surface area contributed by atoms with E-state index in [4.69, 9.17) is 0 Å². The van der Waals surface area contributed by atoms with Crippen molar-refractivity contribution in [2.24, 2.45) is 5.92 Å². The Morgan fingerprint density at radius 3 is 2.42 bits per heavy atom. The number of aromatic amines is 1. The van der Waals surface area contributed by atoms with Crippen LogP contribution >= 0.6 is 0 Å². The highest BCUT2D eigenvalue weighted by Gasteiger charge is 2.28. The third-order valence-corrected chi connectivity index (χ3v) is 4.28. The summed E-state index contributed by atoms with van der Waals surface area (Å²) in [7, 11) is 0. The third kappa shape index (κ3) is 3.49. The van der Waals surface area contributed by atoms with Gasteiger partial charge >= 0.3 is 5.97 Å². The van der Waals surface area contributed by atoms with E-state index < -0.39 is 17.8 Å². The van der Waals surface area contributed by atoms with Gasteiger partial charge < -0.3 is 15.4 Å². The number of hydrogen-bond acceptors (Lipinski definition) is 3. The molecule has 1 amide bonds. The molecule has 0 spiro atoms. The quantitative estimate of drug-likeness (QED) is 0.616. The molecule has 6 nitrogen and oxygen atoms in total. The van der Waals surface area contributed by atoms with Crippen molar-refractivity contribution in [1.82, 2.24) is 4.98 Å². The Labute approximate surface area is 149 Å². The molecule has 3 aromatic rings. The predicted octanol–water partition coefficient (Wildman–Crippen LogP) is 2.72. The van der Waals surface area contributed by atoms with E-state index in [9.17, 15) is 19.5 Å². The Bertz CT molecular complexity index is 1020. The molecule has 1 atom stereocenters. The van der Waals surface area contributed by atoms with Crippen LogP contribution in [0.4, 0.5) is 5.69 Å². The number of hydrogen-bond donors (Lipinski definition) is 3. The number of carboxylic acids is 1. The summed E-state index contributed by atoms with van der Waals surface area (Å²) in [6, 6.07) is 15.6. The van der Waals surface area contributed by atoms with E-state index in [1.54, 1.807) is 55.5 Å². The van der Waals surface area contributed by atoms with Gasteiger partial charge in [0, 0.05) is 34.3 Å². The van der Waals surface area contributed by atoms with Crippen molar-refractivity contribution >= 4 is 28.5 Å². The van der Waals surface area contributed by atoms with Gasteiger partial charge in [0.15, 0.2) is 5.43 Å². The van der Waals surface area contributed by atoms with Gasteiger partial charge in [-0.3, -0.25) is 14.4 Å². The number of benzene rings is 2. The maximum atomic E-state index is 12.7. The normalized spacial score (nSPS) is 11.9. The maximum absolute atomic E-state index is 12.7. The molecule has 1 aromatic heterocycles. The zero-order chi connectivity index (χ0) is 18.7. The van der Waals surface area contributed by atoms with E-state index >= 15 is 0 Å². The molecule has 0 radical (unpaired) electrons. The molecule has 0 bridgehead atoms. The van der Waals surface area contributed by atoms with Crippen LogP contribution in [0.15, 0.2) is 59.4 Å². The molecule has 3 N–H and O–H groups in total. The van der Waals surface area contributed by atoms with Crippen molar-refractivity contribution in [2.45, 2.75) is 13.3 Å². The molecule has 3 rings (SSSR count). The number of carbonyl (C=O) groups excluding carboxylic acids is 1. The highest BCUT2D eigenvalue weighted by molar-refractivity contribution is 6.04. The first kappa shape index (κ1) is 17.4. The van der Waals surface area contributed by atoms with Gasteiger partial charge in [-0.05, 0) is 31.2 Å². The summed E-state index contributed by atoms with van der Waals surface area (Å²) < 4.78 is 0. The molecule has 132 valence electrons. The summed E-state index contributed by atoms with van der Waals surface area (Å²) in [6.07, 6.45) is -0.181. The number of carbonyl (C=O) groups is 2. The third-order valence-electron chi connectivity index (χ3n) is 4.28. The molecule has 2 aromatic carbocycles. The van der Waals surface area contributed by atoms with Crippen LogP contribution in [0.2, 0.25) is 0 Å². The first-order valence-electron chi connectivity index (χ1n) is 8.16. The molecular weight excluding hydrogens is 332 g/mol. The maximum Gasteiger partial charge on any atom is 0.316 e. The number of fused-ring (bicyclic) bond motifs is 1. The van der Waals surface area contributed by atoms with Gasteiger partial charge in [-0.25, -0.2) is 0 Å². The molecule has 26 heavy (non-hydrogen) atoms. The lowest BCUT2D eigenvalue weighted by atomic mass is 9.96. The van der Waals surface area contributed by atoms with Crippen LogP contribution in [-0.2, 0) is 16.0 Å². The van der Waals surface area contributed by atoms with E-state index in [1.807, 2.05) is 6.07 Å². The minimum absolute atomic E-state index is 0.181. The first-order chi connectivity index (χ1) is 12.5. The van der Waals surface area contributed by atoms with E-state index in [0.717, 1.165) is 0 Å². The number of rotatable bonds is 5. The standard InChI is InChI=1S/C20H18N2O4/c1-12-15(18(23)14-9-5-6-10-17(14)21-12)11-16(20(25)26)19(24)22-13-7-3-2-4-8-13/h2-10,16H,11H2,1H3,(H,21,23)(H,22,24)(H,25,26). The van der Waals surface area contributed by atoms with Gasteiger partial charge in [0.2, 0.25) is 5.91 Å². The van der Waals surface area contributed by atoms with Crippen molar-refractivity contribution in [3.8, 4) is 0 Å². The van der Waals surface area contributed by atoms with E-state index in [1.165, 1.54) is 0 Å². The highest BCUT2D eigenvalue weighted by Crippen LogP contribution is 2.16. The van der Waals surface area contributed by atoms with Crippen molar-refractivity contribution in [3.63, 3.8) is 0 Å². The first-order valence-corrected chi connectivity index (χ1v) is 8.16. The number of aromatic nitrogens is 1. The predicted molar refractivity (Wildman–Crippen MR) is 99.2 cm³/mol. The van der Waals surface area contributed by atoms with Crippen LogP contribution in [0.25, 0.3) is 10.9 Å². The van der Waals surface area contributed by atoms with Crippen LogP contribution < -0.4 is 10.7 Å². The molecule has 6 heteroatoms. The second-order valence-electron chi connectivity index (χ2n) is 6.05. The second-order valence-corrected chi connectivity index (χ2v) is 6.05. The van der Waals surface area contributed by atoms with Crippen LogP contribution in [0, 0.1) is 12.8 Å². The van der Waals surface area contributed by atoms with Gasteiger partial charge in [0.1, 0.15) is 5.92 Å². The number of pyridine rings is 1. The topological polar surface area (TPSA) is 99.3 Å². The molecule has 1 unspecified atom stereocenters. The van der Waals surface area contributed by atoms with E-state index in [-0.39, 0.29) is 11.8 Å². The number of amides is 1. The lowest BCUT2D eigenvalue weighted by Gasteiger charge is -2.14. The zero-order valence-electron chi connectivity index (χ0n) is 14.2. The lowest BCUT2D eigenvalue weighted by molar-refractivity contribution is -0.145. The van der Waals surface area contributed by atoms with Crippen molar-refractivity contribution in [3.05, 3.63) is 76.1 Å². The number of H-pyrrole nitrogens is 1. The second kappa shape index (κ2) is 7.23. The average molecular weight is 350 g/mol. The van der Waals surface area contributed by atoms with Crippen molar-refractivity contribution < 1.29 is 14.7 Å². The molecule has 0 fully saturated rings. The molecule has 0 aliphatic heterocycles. The monoisotopic (exact) mass is 350 g/mol.